The maximum atomic E-state index is 13.1. The number of hydrogen-bond acceptors (Lipinski definition) is 4. The summed E-state index contributed by atoms with van der Waals surface area (Å²) in [6.07, 6.45) is 2.75. The van der Waals surface area contributed by atoms with Crippen LogP contribution in [0.4, 0.5) is 0 Å². The van der Waals surface area contributed by atoms with Gasteiger partial charge >= 0.3 is 0 Å². The van der Waals surface area contributed by atoms with E-state index in [1.54, 1.807) is 30.3 Å². The van der Waals surface area contributed by atoms with Gasteiger partial charge < -0.3 is 5.32 Å². The van der Waals surface area contributed by atoms with Crippen molar-refractivity contribution in [2.24, 2.45) is 5.92 Å². The van der Waals surface area contributed by atoms with Gasteiger partial charge in [0, 0.05) is 17.6 Å². The number of fused-ring (bicyclic) bond motifs is 2. The smallest absolute Gasteiger partial charge is 0.252 e. The number of hydrogen-bond donors (Lipinski definition) is 1. The minimum absolute atomic E-state index is 0.0665. The zero-order valence-electron chi connectivity index (χ0n) is 16.4. The fourth-order valence-corrected chi connectivity index (χ4v) is 5.13. The van der Waals surface area contributed by atoms with E-state index in [1.807, 2.05) is 24.3 Å². The van der Waals surface area contributed by atoms with Crippen molar-refractivity contribution < 1.29 is 13.2 Å². The number of aromatic nitrogens is 1. The number of benzene rings is 2. The molecule has 2 aromatic carbocycles. The molecule has 1 heterocycles. The summed E-state index contributed by atoms with van der Waals surface area (Å²) >= 11 is 0. The molecule has 1 unspecified atom stereocenters. The zero-order chi connectivity index (χ0) is 20.4. The van der Waals surface area contributed by atoms with Crippen LogP contribution in [-0.4, -0.2) is 31.6 Å². The van der Waals surface area contributed by atoms with Crippen molar-refractivity contribution in [3.05, 3.63) is 71.4 Å². The normalized spacial score (nSPS) is 16.4. The molecule has 150 valence electrons. The monoisotopic (exact) mass is 408 g/mol. The van der Waals surface area contributed by atoms with Crippen LogP contribution in [0.25, 0.3) is 10.9 Å². The van der Waals surface area contributed by atoms with Gasteiger partial charge in [-0.2, -0.15) is 0 Å². The molecular formula is C23H24N2O3S. The van der Waals surface area contributed by atoms with E-state index in [0.717, 1.165) is 41.4 Å². The molecule has 1 aromatic heterocycles. The number of amides is 1. The quantitative estimate of drug-likeness (QED) is 0.700. The largest absolute Gasteiger partial charge is 0.351 e. The number of sulfone groups is 1. The summed E-state index contributed by atoms with van der Waals surface area (Å²) in [4.78, 5) is 18.2. The Labute approximate surface area is 171 Å². The molecule has 1 aliphatic rings. The van der Waals surface area contributed by atoms with E-state index in [2.05, 4.69) is 12.2 Å². The van der Waals surface area contributed by atoms with Gasteiger partial charge in [0.15, 0.2) is 9.84 Å². The first-order valence-electron chi connectivity index (χ1n) is 9.92. The number of para-hydroxylation sites is 1. The molecule has 4 rings (SSSR count). The van der Waals surface area contributed by atoms with Crippen molar-refractivity contribution in [1.82, 2.24) is 10.3 Å². The molecule has 6 heteroatoms. The standard InChI is InChI=1S/C23H24N2O3S/c1-16-11-12-21-19(15-16)22(18-9-5-6-10-20(18)25-21)23(26)24-13-14-29(27,28)17-7-3-2-4-8-17/h2-10,16H,11-15H2,1H3,(H,24,26). The number of rotatable bonds is 5. The SMILES string of the molecule is CC1CCc2nc3ccccc3c(C(=O)NCCS(=O)(=O)c3ccccc3)c2C1. The molecular weight excluding hydrogens is 384 g/mol. The average molecular weight is 409 g/mol. The van der Waals surface area contributed by atoms with Crippen LogP contribution >= 0.6 is 0 Å². The Morgan fingerprint density at radius 3 is 2.62 bits per heavy atom. The summed E-state index contributed by atoms with van der Waals surface area (Å²) in [6.45, 7) is 2.25. The predicted octanol–water partition coefficient (Wildman–Crippen LogP) is 3.56. The third-order valence-corrected chi connectivity index (χ3v) is 7.22. The van der Waals surface area contributed by atoms with Gasteiger partial charge in [-0.1, -0.05) is 43.3 Å². The van der Waals surface area contributed by atoms with Gasteiger partial charge in [-0.05, 0) is 48.9 Å². The molecule has 1 aliphatic carbocycles. The third-order valence-electron chi connectivity index (χ3n) is 5.49. The first-order valence-corrected chi connectivity index (χ1v) is 11.6. The van der Waals surface area contributed by atoms with Crippen LogP contribution in [0.1, 0.15) is 35.0 Å². The van der Waals surface area contributed by atoms with Crippen LogP contribution in [-0.2, 0) is 22.7 Å². The summed E-state index contributed by atoms with van der Waals surface area (Å²) in [5.41, 5.74) is 3.45. The maximum absolute atomic E-state index is 13.1. The Morgan fingerprint density at radius 2 is 1.83 bits per heavy atom. The minimum atomic E-state index is -3.43. The molecule has 1 N–H and O–H groups in total. The molecule has 5 nitrogen and oxygen atoms in total. The molecule has 0 aliphatic heterocycles. The fourth-order valence-electron chi connectivity index (χ4n) is 3.95. The molecule has 0 radical (unpaired) electrons. The van der Waals surface area contributed by atoms with Crippen molar-refractivity contribution in [3.63, 3.8) is 0 Å². The summed E-state index contributed by atoms with van der Waals surface area (Å²) in [7, 11) is -3.43. The van der Waals surface area contributed by atoms with Gasteiger partial charge in [-0.25, -0.2) is 8.42 Å². The van der Waals surface area contributed by atoms with Crippen LogP contribution in [0.15, 0.2) is 59.5 Å². The summed E-state index contributed by atoms with van der Waals surface area (Å²) < 4.78 is 25.0. The van der Waals surface area contributed by atoms with Gasteiger partial charge in [0.2, 0.25) is 0 Å². The summed E-state index contributed by atoms with van der Waals surface area (Å²) in [6, 6.07) is 16.0. The van der Waals surface area contributed by atoms with E-state index in [0.29, 0.717) is 11.5 Å². The molecule has 0 fully saturated rings. The Morgan fingerprint density at radius 1 is 1.10 bits per heavy atom. The number of aryl methyl sites for hydroxylation is 1. The van der Waals surface area contributed by atoms with Crippen molar-refractivity contribution in [2.45, 2.75) is 31.1 Å². The second-order valence-electron chi connectivity index (χ2n) is 7.66. The lowest BCUT2D eigenvalue weighted by molar-refractivity contribution is 0.0956. The van der Waals surface area contributed by atoms with Gasteiger partial charge in [-0.15, -0.1) is 0 Å². The van der Waals surface area contributed by atoms with Gasteiger partial charge in [0.1, 0.15) is 0 Å². The van der Waals surface area contributed by atoms with Crippen LogP contribution in [0.3, 0.4) is 0 Å². The van der Waals surface area contributed by atoms with Crippen molar-refractivity contribution in [3.8, 4) is 0 Å². The molecule has 1 amide bonds. The van der Waals surface area contributed by atoms with Gasteiger partial charge in [0.25, 0.3) is 5.91 Å². The number of carbonyl (C=O) groups is 1. The Hall–Kier alpha value is -2.73. The highest BCUT2D eigenvalue weighted by Crippen LogP contribution is 2.31. The molecule has 0 spiro atoms. The molecule has 3 aromatic rings. The Balaban J connectivity index is 1.60. The molecule has 29 heavy (non-hydrogen) atoms. The van der Waals surface area contributed by atoms with Crippen LogP contribution < -0.4 is 5.32 Å². The zero-order valence-corrected chi connectivity index (χ0v) is 17.2. The molecule has 0 saturated heterocycles. The van der Waals surface area contributed by atoms with Crippen LogP contribution in [0, 0.1) is 5.92 Å². The average Bonchev–Trinajstić information content (AvgIpc) is 2.72. The van der Waals surface area contributed by atoms with Gasteiger partial charge in [-0.3, -0.25) is 9.78 Å². The fraction of sp³-hybridized carbons (Fsp3) is 0.304. The van der Waals surface area contributed by atoms with Crippen LogP contribution in [0.5, 0.6) is 0 Å². The second-order valence-corrected chi connectivity index (χ2v) is 9.77. The highest BCUT2D eigenvalue weighted by molar-refractivity contribution is 7.91. The van der Waals surface area contributed by atoms with E-state index >= 15 is 0 Å². The molecule has 1 atom stereocenters. The molecule has 0 bridgehead atoms. The minimum Gasteiger partial charge on any atom is -0.351 e. The van der Waals surface area contributed by atoms with Crippen molar-refractivity contribution in [1.29, 1.82) is 0 Å². The van der Waals surface area contributed by atoms with E-state index < -0.39 is 9.84 Å². The molecule has 0 saturated carbocycles. The number of nitrogens with one attached hydrogen (secondary N) is 1. The van der Waals surface area contributed by atoms with Crippen molar-refractivity contribution >= 4 is 26.6 Å². The van der Waals surface area contributed by atoms with E-state index in [1.165, 1.54) is 0 Å². The number of nitrogens with zero attached hydrogens (tertiary/aromatic N) is 1. The lowest BCUT2D eigenvalue weighted by atomic mass is 9.84. The summed E-state index contributed by atoms with van der Waals surface area (Å²) in [5, 5.41) is 3.66. The Bertz CT molecular complexity index is 1160. The van der Waals surface area contributed by atoms with Gasteiger partial charge in [0.05, 0.1) is 21.7 Å². The predicted molar refractivity (Wildman–Crippen MR) is 114 cm³/mol. The van der Waals surface area contributed by atoms with Crippen LogP contribution in [0.2, 0.25) is 0 Å². The first-order chi connectivity index (χ1) is 14.0. The van der Waals surface area contributed by atoms with Crippen molar-refractivity contribution in [2.75, 3.05) is 12.3 Å². The lowest BCUT2D eigenvalue weighted by Gasteiger charge is -2.24. The highest BCUT2D eigenvalue weighted by atomic mass is 32.2. The van der Waals surface area contributed by atoms with E-state index in [9.17, 15) is 13.2 Å². The first kappa shape index (κ1) is 19.6. The highest BCUT2D eigenvalue weighted by Gasteiger charge is 2.25. The second kappa shape index (κ2) is 7.95. The van der Waals surface area contributed by atoms with E-state index in [4.69, 9.17) is 4.98 Å². The number of carbonyl (C=O) groups excluding carboxylic acids is 1. The maximum Gasteiger partial charge on any atom is 0.252 e. The third kappa shape index (κ3) is 4.03. The lowest BCUT2D eigenvalue weighted by Crippen LogP contribution is -2.31. The summed E-state index contributed by atoms with van der Waals surface area (Å²) in [5.74, 6) is 0.136. The van der Waals surface area contributed by atoms with E-state index in [-0.39, 0.29) is 23.1 Å². The topological polar surface area (TPSA) is 76.1 Å². The number of pyridine rings is 1. The Kier molecular flexibility index (Phi) is 5.37.